The van der Waals surface area contributed by atoms with E-state index in [1.165, 1.54) is 19.3 Å². The minimum absolute atomic E-state index is 0.0165. The molecule has 2 aromatic rings. The normalized spacial score (nSPS) is 23.0. The third kappa shape index (κ3) is 3.48. The predicted octanol–water partition coefficient (Wildman–Crippen LogP) is 3.90. The van der Waals surface area contributed by atoms with Crippen LogP contribution in [0.3, 0.4) is 0 Å². The number of ether oxygens (including phenoxy) is 2. The van der Waals surface area contributed by atoms with E-state index >= 15 is 0 Å². The van der Waals surface area contributed by atoms with Crippen LogP contribution in [-0.2, 0) is 6.54 Å². The Bertz CT molecular complexity index is 861. The first kappa shape index (κ1) is 18.8. The number of amides is 1. The highest BCUT2D eigenvalue weighted by molar-refractivity contribution is 5.94. The molecule has 0 spiro atoms. The van der Waals surface area contributed by atoms with Crippen molar-refractivity contribution in [3.63, 3.8) is 0 Å². The van der Waals surface area contributed by atoms with Crippen molar-refractivity contribution in [2.75, 3.05) is 14.2 Å². The molecule has 2 aliphatic carbocycles. The summed E-state index contributed by atoms with van der Waals surface area (Å²) in [6.07, 6.45) is 5.88. The van der Waals surface area contributed by atoms with Gasteiger partial charge in [-0.25, -0.2) is 0 Å². The Morgan fingerprint density at radius 1 is 1.21 bits per heavy atom. The molecule has 2 fully saturated rings. The fourth-order valence-electron chi connectivity index (χ4n) is 4.79. The van der Waals surface area contributed by atoms with Crippen LogP contribution in [0.4, 0.5) is 0 Å². The molecule has 3 atom stereocenters. The number of methoxy groups -OCH3 is 2. The minimum atomic E-state index is -0.0165. The van der Waals surface area contributed by atoms with Crippen LogP contribution in [0.5, 0.6) is 11.5 Å². The second-order valence-corrected chi connectivity index (χ2v) is 7.96. The van der Waals surface area contributed by atoms with Crippen molar-refractivity contribution in [1.29, 1.82) is 0 Å². The molecule has 4 rings (SSSR count). The average Bonchev–Trinajstić information content (AvgIpc) is 3.43. The van der Waals surface area contributed by atoms with Crippen LogP contribution in [0.15, 0.2) is 24.3 Å². The molecule has 150 valence electrons. The van der Waals surface area contributed by atoms with Gasteiger partial charge in [-0.3, -0.25) is 9.48 Å². The summed E-state index contributed by atoms with van der Waals surface area (Å²) in [5, 5.41) is 8.00. The number of benzene rings is 1. The lowest BCUT2D eigenvalue weighted by molar-refractivity contribution is 0.0911. The summed E-state index contributed by atoms with van der Waals surface area (Å²) in [6.45, 7) is 2.80. The smallest absolute Gasteiger partial charge is 0.269 e. The van der Waals surface area contributed by atoms with E-state index in [2.05, 4.69) is 12.2 Å². The quantitative estimate of drug-likeness (QED) is 0.788. The van der Waals surface area contributed by atoms with Gasteiger partial charge < -0.3 is 14.8 Å². The summed E-state index contributed by atoms with van der Waals surface area (Å²) in [5.74, 6) is 2.84. The Hall–Kier alpha value is -2.50. The lowest BCUT2D eigenvalue weighted by atomic mass is 9.95. The molecular weight excluding hydrogens is 354 g/mol. The summed E-state index contributed by atoms with van der Waals surface area (Å²) in [4.78, 5) is 13.0. The van der Waals surface area contributed by atoms with Crippen molar-refractivity contribution >= 4 is 5.91 Å². The molecule has 2 bridgehead atoms. The predicted molar refractivity (Wildman–Crippen MR) is 108 cm³/mol. The van der Waals surface area contributed by atoms with Gasteiger partial charge in [0.15, 0.2) is 0 Å². The molecule has 2 aliphatic rings. The molecule has 0 unspecified atom stereocenters. The van der Waals surface area contributed by atoms with E-state index in [0.717, 1.165) is 35.8 Å². The van der Waals surface area contributed by atoms with E-state index in [4.69, 9.17) is 14.6 Å². The molecule has 28 heavy (non-hydrogen) atoms. The van der Waals surface area contributed by atoms with Gasteiger partial charge in [0.05, 0.1) is 19.9 Å². The SMILES string of the molecule is CCCn1nc(-c2ccc(OC)cc2OC)cc1C(=O)N[C@H]1C[C@H]2CC[C@H]1C2. The molecule has 0 aliphatic heterocycles. The number of carbonyl (C=O) groups excluding carboxylic acids is 1. The monoisotopic (exact) mass is 383 g/mol. The van der Waals surface area contributed by atoms with Crippen LogP contribution in [0.1, 0.15) is 49.5 Å². The number of nitrogens with one attached hydrogen (secondary N) is 1. The molecule has 1 amide bonds. The van der Waals surface area contributed by atoms with Gasteiger partial charge in [0.25, 0.3) is 5.91 Å². The van der Waals surface area contributed by atoms with Crippen molar-refractivity contribution in [2.45, 2.75) is 51.6 Å². The number of carbonyl (C=O) groups is 1. The van der Waals surface area contributed by atoms with Crippen LogP contribution in [0.25, 0.3) is 11.3 Å². The summed E-state index contributed by atoms with van der Waals surface area (Å²) in [6, 6.07) is 7.83. The van der Waals surface area contributed by atoms with Gasteiger partial charge in [0, 0.05) is 24.2 Å². The number of aromatic nitrogens is 2. The van der Waals surface area contributed by atoms with Gasteiger partial charge in [0.1, 0.15) is 17.2 Å². The Balaban J connectivity index is 1.61. The highest BCUT2D eigenvalue weighted by atomic mass is 16.5. The third-order valence-corrected chi connectivity index (χ3v) is 6.19. The number of hydrogen-bond acceptors (Lipinski definition) is 4. The van der Waals surface area contributed by atoms with E-state index in [0.29, 0.717) is 29.9 Å². The van der Waals surface area contributed by atoms with E-state index in [1.807, 2.05) is 28.9 Å². The number of rotatable bonds is 7. The van der Waals surface area contributed by atoms with Gasteiger partial charge in [-0.1, -0.05) is 13.3 Å². The first-order chi connectivity index (χ1) is 13.6. The molecule has 1 aromatic heterocycles. The van der Waals surface area contributed by atoms with Crippen LogP contribution in [-0.4, -0.2) is 35.9 Å². The van der Waals surface area contributed by atoms with Gasteiger partial charge in [-0.15, -0.1) is 0 Å². The van der Waals surface area contributed by atoms with E-state index in [1.54, 1.807) is 14.2 Å². The molecule has 0 radical (unpaired) electrons. The molecule has 1 heterocycles. The second kappa shape index (κ2) is 7.86. The maximum absolute atomic E-state index is 13.0. The van der Waals surface area contributed by atoms with Crippen molar-refractivity contribution in [3.8, 4) is 22.8 Å². The second-order valence-electron chi connectivity index (χ2n) is 7.96. The first-order valence-electron chi connectivity index (χ1n) is 10.2. The van der Waals surface area contributed by atoms with Crippen LogP contribution >= 0.6 is 0 Å². The standard InChI is InChI=1S/C22H29N3O3/c1-4-9-25-20(22(26)23-18-11-14-5-6-15(18)10-14)13-19(24-25)17-8-7-16(27-2)12-21(17)28-3/h7-8,12-15,18H,4-6,9-11H2,1-3H3,(H,23,26)/t14-,15-,18-/m0/s1. The summed E-state index contributed by atoms with van der Waals surface area (Å²) < 4.78 is 12.6. The van der Waals surface area contributed by atoms with Crippen molar-refractivity contribution in [1.82, 2.24) is 15.1 Å². The number of fused-ring (bicyclic) bond motifs is 2. The van der Waals surface area contributed by atoms with Crippen molar-refractivity contribution in [2.24, 2.45) is 11.8 Å². The largest absolute Gasteiger partial charge is 0.497 e. The van der Waals surface area contributed by atoms with E-state index in [9.17, 15) is 4.79 Å². The molecule has 1 N–H and O–H groups in total. The van der Waals surface area contributed by atoms with Gasteiger partial charge in [0.2, 0.25) is 0 Å². The van der Waals surface area contributed by atoms with Gasteiger partial charge in [-0.05, 0) is 55.7 Å². The number of nitrogens with zero attached hydrogens (tertiary/aromatic N) is 2. The zero-order valence-electron chi connectivity index (χ0n) is 16.9. The zero-order valence-corrected chi connectivity index (χ0v) is 16.9. The molecule has 6 nitrogen and oxygen atoms in total. The lowest BCUT2D eigenvalue weighted by Gasteiger charge is -2.22. The molecule has 6 heteroatoms. The van der Waals surface area contributed by atoms with Crippen LogP contribution in [0, 0.1) is 11.8 Å². The maximum Gasteiger partial charge on any atom is 0.269 e. The van der Waals surface area contributed by atoms with Crippen LogP contribution in [0.2, 0.25) is 0 Å². The molecular formula is C22H29N3O3. The Morgan fingerprint density at radius 3 is 2.71 bits per heavy atom. The van der Waals surface area contributed by atoms with Gasteiger partial charge in [-0.2, -0.15) is 5.10 Å². The summed E-state index contributed by atoms with van der Waals surface area (Å²) >= 11 is 0. The third-order valence-electron chi connectivity index (χ3n) is 6.19. The number of aryl methyl sites for hydroxylation is 1. The summed E-state index contributed by atoms with van der Waals surface area (Å²) in [7, 11) is 3.26. The zero-order chi connectivity index (χ0) is 19.7. The molecule has 2 saturated carbocycles. The average molecular weight is 383 g/mol. The fourth-order valence-corrected chi connectivity index (χ4v) is 4.79. The van der Waals surface area contributed by atoms with E-state index < -0.39 is 0 Å². The maximum atomic E-state index is 13.0. The van der Waals surface area contributed by atoms with E-state index in [-0.39, 0.29) is 5.91 Å². The highest BCUT2D eigenvalue weighted by Gasteiger charge is 2.40. The molecule has 0 saturated heterocycles. The molecule has 1 aromatic carbocycles. The van der Waals surface area contributed by atoms with Crippen molar-refractivity contribution in [3.05, 3.63) is 30.0 Å². The van der Waals surface area contributed by atoms with Gasteiger partial charge >= 0.3 is 0 Å². The highest BCUT2D eigenvalue weighted by Crippen LogP contribution is 2.44. The van der Waals surface area contributed by atoms with Crippen LogP contribution < -0.4 is 14.8 Å². The van der Waals surface area contributed by atoms with Crippen molar-refractivity contribution < 1.29 is 14.3 Å². The Labute approximate surface area is 166 Å². The minimum Gasteiger partial charge on any atom is -0.497 e. The first-order valence-corrected chi connectivity index (χ1v) is 10.2. The lowest BCUT2D eigenvalue weighted by Crippen LogP contribution is -2.39. The topological polar surface area (TPSA) is 65.4 Å². The number of hydrogen-bond donors (Lipinski definition) is 1. The fraction of sp³-hybridized carbons (Fsp3) is 0.545. The Kier molecular flexibility index (Phi) is 5.29. The summed E-state index contributed by atoms with van der Waals surface area (Å²) in [5.41, 5.74) is 2.22. The Morgan fingerprint density at radius 2 is 2.07 bits per heavy atom.